The number of carbonyl (C=O) groups is 1. The maximum atomic E-state index is 12.4. The van der Waals surface area contributed by atoms with Crippen LogP contribution in [0.4, 0.5) is 11.4 Å². The van der Waals surface area contributed by atoms with Crippen molar-refractivity contribution in [2.75, 3.05) is 17.7 Å². The lowest BCUT2D eigenvalue weighted by Crippen LogP contribution is -2.15. The Morgan fingerprint density at radius 1 is 1.19 bits per heavy atom. The third-order valence-corrected chi connectivity index (χ3v) is 3.29. The normalized spacial score (nSPS) is 10.2. The molecule has 0 aromatic heterocycles. The molecule has 0 aliphatic heterocycles. The summed E-state index contributed by atoms with van der Waals surface area (Å²) in [6, 6.07) is 11.0. The highest BCUT2D eigenvalue weighted by atomic mass is 16.5. The van der Waals surface area contributed by atoms with Gasteiger partial charge in [0.1, 0.15) is 5.75 Å². The summed E-state index contributed by atoms with van der Waals surface area (Å²) in [4.78, 5) is 12.4. The predicted molar refractivity (Wildman–Crippen MR) is 85.9 cm³/mol. The van der Waals surface area contributed by atoms with E-state index in [1.165, 1.54) is 0 Å². The number of benzene rings is 2. The summed E-state index contributed by atoms with van der Waals surface area (Å²) >= 11 is 0. The van der Waals surface area contributed by atoms with Gasteiger partial charge in [-0.25, -0.2) is 0 Å². The quantitative estimate of drug-likeness (QED) is 0.844. The fraction of sp³-hybridized carbons (Fsp3) is 0.235. The summed E-state index contributed by atoms with van der Waals surface area (Å²) < 4.78 is 5.51. The molecule has 0 saturated heterocycles. The number of aryl methyl sites for hydroxylation is 2. The number of ether oxygens (including phenoxy) is 1. The van der Waals surface area contributed by atoms with Crippen LogP contribution in [0.15, 0.2) is 36.4 Å². The van der Waals surface area contributed by atoms with Gasteiger partial charge in [-0.05, 0) is 50.1 Å². The molecule has 0 atom stereocenters. The largest absolute Gasteiger partial charge is 0.492 e. The number of nitrogens with one attached hydrogen (secondary N) is 1. The second-order valence-electron chi connectivity index (χ2n) is 4.91. The molecule has 0 saturated carbocycles. The Balaban J connectivity index is 2.28. The SMILES string of the molecule is CCOc1ccccc1NC(=O)c1cc(N)c(C)cc1C. The molecule has 3 N–H and O–H groups in total. The monoisotopic (exact) mass is 284 g/mol. The zero-order valence-electron chi connectivity index (χ0n) is 12.6. The number of nitrogens with two attached hydrogens (primary N) is 1. The molecular weight excluding hydrogens is 264 g/mol. The fourth-order valence-corrected chi connectivity index (χ4v) is 2.15. The van der Waals surface area contributed by atoms with E-state index in [1.807, 2.05) is 51.1 Å². The molecule has 0 radical (unpaired) electrons. The highest BCUT2D eigenvalue weighted by Crippen LogP contribution is 2.25. The van der Waals surface area contributed by atoms with Crippen molar-refractivity contribution in [2.45, 2.75) is 20.8 Å². The van der Waals surface area contributed by atoms with Crippen LogP contribution in [0.1, 0.15) is 28.4 Å². The van der Waals surface area contributed by atoms with Gasteiger partial charge in [-0.2, -0.15) is 0 Å². The first-order valence-electron chi connectivity index (χ1n) is 6.92. The van der Waals surface area contributed by atoms with Gasteiger partial charge in [0.15, 0.2) is 0 Å². The van der Waals surface area contributed by atoms with Crippen molar-refractivity contribution in [1.82, 2.24) is 0 Å². The molecule has 0 heterocycles. The van der Waals surface area contributed by atoms with Crippen molar-refractivity contribution in [3.05, 3.63) is 53.1 Å². The van der Waals surface area contributed by atoms with Crippen LogP contribution in [0.3, 0.4) is 0 Å². The van der Waals surface area contributed by atoms with Crippen LogP contribution >= 0.6 is 0 Å². The standard InChI is InChI=1S/C17H20N2O2/c1-4-21-16-8-6-5-7-15(16)19-17(20)13-10-14(18)12(3)9-11(13)2/h5-10H,4,18H2,1-3H3,(H,19,20). The second kappa shape index (κ2) is 6.31. The van der Waals surface area contributed by atoms with E-state index in [4.69, 9.17) is 10.5 Å². The lowest BCUT2D eigenvalue weighted by Gasteiger charge is -2.13. The number of para-hydroxylation sites is 2. The van der Waals surface area contributed by atoms with Gasteiger partial charge >= 0.3 is 0 Å². The zero-order chi connectivity index (χ0) is 15.4. The van der Waals surface area contributed by atoms with Gasteiger partial charge in [0.25, 0.3) is 5.91 Å². The fourth-order valence-electron chi connectivity index (χ4n) is 2.15. The molecule has 0 unspecified atom stereocenters. The van der Waals surface area contributed by atoms with Crippen molar-refractivity contribution in [2.24, 2.45) is 0 Å². The molecule has 0 bridgehead atoms. The van der Waals surface area contributed by atoms with Crippen molar-refractivity contribution >= 4 is 17.3 Å². The molecule has 1 amide bonds. The van der Waals surface area contributed by atoms with Crippen LogP contribution in [0.2, 0.25) is 0 Å². The lowest BCUT2D eigenvalue weighted by molar-refractivity contribution is 0.102. The molecule has 0 aliphatic carbocycles. The molecule has 4 heteroatoms. The Kier molecular flexibility index (Phi) is 4.48. The van der Waals surface area contributed by atoms with E-state index in [-0.39, 0.29) is 5.91 Å². The van der Waals surface area contributed by atoms with Crippen LogP contribution in [0.25, 0.3) is 0 Å². The van der Waals surface area contributed by atoms with Gasteiger partial charge < -0.3 is 15.8 Å². The average Bonchev–Trinajstić information content (AvgIpc) is 2.45. The Morgan fingerprint density at radius 2 is 1.90 bits per heavy atom. The first-order chi connectivity index (χ1) is 10.0. The maximum Gasteiger partial charge on any atom is 0.256 e. The van der Waals surface area contributed by atoms with E-state index >= 15 is 0 Å². The van der Waals surface area contributed by atoms with Crippen LogP contribution in [-0.4, -0.2) is 12.5 Å². The third kappa shape index (κ3) is 3.34. The Bertz CT molecular complexity index is 666. The van der Waals surface area contributed by atoms with Gasteiger partial charge in [0.2, 0.25) is 0 Å². The van der Waals surface area contributed by atoms with Crippen LogP contribution in [-0.2, 0) is 0 Å². The average molecular weight is 284 g/mol. The smallest absolute Gasteiger partial charge is 0.256 e. The predicted octanol–water partition coefficient (Wildman–Crippen LogP) is 3.54. The number of amides is 1. The molecule has 0 spiro atoms. The van der Waals surface area contributed by atoms with Crippen LogP contribution in [0.5, 0.6) is 5.75 Å². The maximum absolute atomic E-state index is 12.4. The minimum Gasteiger partial charge on any atom is -0.492 e. The van der Waals surface area contributed by atoms with Crippen molar-refractivity contribution in [3.63, 3.8) is 0 Å². The Labute approximate surface area is 124 Å². The molecular formula is C17H20N2O2. The third-order valence-electron chi connectivity index (χ3n) is 3.29. The second-order valence-corrected chi connectivity index (χ2v) is 4.91. The highest BCUT2D eigenvalue weighted by Gasteiger charge is 2.13. The van der Waals surface area contributed by atoms with Gasteiger partial charge in [-0.3, -0.25) is 4.79 Å². The summed E-state index contributed by atoms with van der Waals surface area (Å²) in [7, 11) is 0. The van der Waals surface area contributed by atoms with Crippen LogP contribution < -0.4 is 15.8 Å². The first-order valence-corrected chi connectivity index (χ1v) is 6.92. The molecule has 110 valence electrons. The van der Waals surface area contributed by atoms with E-state index in [9.17, 15) is 4.79 Å². The first kappa shape index (κ1) is 14.9. The number of anilines is 2. The minimum absolute atomic E-state index is 0.189. The minimum atomic E-state index is -0.189. The number of rotatable bonds is 4. The molecule has 2 aromatic rings. The Morgan fingerprint density at radius 3 is 2.62 bits per heavy atom. The zero-order valence-corrected chi connectivity index (χ0v) is 12.6. The van der Waals surface area contributed by atoms with E-state index in [1.54, 1.807) is 6.07 Å². The summed E-state index contributed by atoms with van der Waals surface area (Å²) in [5.74, 6) is 0.470. The molecule has 21 heavy (non-hydrogen) atoms. The summed E-state index contributed by atoms with van der Waals surface area (Å²) in [6.07, 6.45) is 0. The van der Waals surface area contributed by atoms with Gasteiger partial charge in [-0.15, -0.1) is 0 Å². The van der Waals surface area contributed by atoms with Gasteiger partial charge in [-0.1, -0.05) is 18.2 Å². The number of hydrogen-bond donors (Lipinski definition) is 2. The van der Waals surface area contributed by atoms with Gasteiger partial charge in [0.05, 0.1) is 12.3 Å². The lowest BCUT2D eigenvalue weighted by atomic mass is 10.0. The summed E-state index contributed by atoms with van der Waals surface area (Å²) in [5, 5.41) is 2.88. The molecule has 0 aliphatic rings. The number of carbonyl (C=O) groups excluding carboxylic acids is 1. The molecule has 2 rings (SSSR count). The topological polar surface area (TPSA) is 64.3 Å². The van der Waals surface area contributed by atoms with Crippen molar-refractivity contribution in [1.29, 1.82) is 0 Å². The summed E-state index contributed by atoms with van der Waals surface area (Å²) in [5.41, 5.74) is 9.60. The van der Waals surface area contributed by atoms with E-state index in [0.717, 1.165) is 11.1 Å². The van der Waals surface area contributed by atoms with Crippen LogP contribution in [0, 0.1) is 13.8 Å². The Hall–Kier alpha value is -2.49. The number of hydrogen-bond acceptors (Lipinski definition) is 3. The van der Waals surface area contributed by atoms with E-state index < -0.39 is 0 Å². The summed E-state index contributed by atoms with van der Waals surface area (Å²) in [6.45, 7) is 6.27. The highest BCUT2D eigenvalue weighted by molar-refractivity contribution is 6.06. The number of nitrogen functional groups attached to an aromatic ring is 1. The van der Waals surface area contributed by atoms with E-state index in [0.29, 0.717) is 29.3 Å². The van der Waals surface area contributed by atoms with Gasteiger partial charge in [0, 0.05) is 11.3 Å². The van der Waals surface area contributed by atoms with E-state index in [2.05, 4.69) is 5.32 Å². The molecule has 4 nitrogen and oxygen atoms in total. The molecule has 2 aromatic carbocycles. The van der Waals surface area contributed by atoms with Crippen molar-refractivity contribution in [3.8, 4) is 5.75 Å². The van der Waals surface area contributed by atoms with Crippen molar-refractivity contribution < 1.29 is 9.53 Å². The molecule has 0 fully saturated rings.